The molecule has 0 radical (unpaired) electrons. The van der Waals surface area contributed by atoms with E-state index < -0.39 is 40.1 Å². The SMILES string of the molecule is Nc1cccc2c1C(=O)N(C1CCC(=O)NC1=O)C2=O.O=S(=O)(O)O. The summed E-state index contributed by atoms with van der Waals surface area (Å²) in [6, 6.07) is 3.64. The molecule has 1 fully saturated rings. The monoisotopic (exact) mass is 371 g/mol. The van der Waals surface area contributed by atoms with Gasteiger partial charge in [-0.3, -0.25) is 38.5 Å². The molecule has 1 saturated heterocycles. The quantitative estimate of drug-likeness (QED) is 0.273. The maximum absolute atomic E-state index is 12.3. The topological polar surface area (TPSA) is 184 Å². The summed E-state index contributed by atoms with van der Waals surface area (Å²) in [7, 11) is -4.67. The van der Waals surface area contributed by atoms with Gasteiger partial charge in [-0.25, -0.2) is 0 Å². The standard InChI is InChI=1S/C13H11N3O4.H2O4S/c14-7-3-1-2-6-10(7)13(20)16(12(6)19)8-4-5-9(17)15-11(8)18;1-5(2,3)4/h1-3,8H,4-5,14H2,(H,15,17,18);(H2,1,2,3,4). The first kappa shape index (κ1) is 18.5. The lowest BCUT2D eigenvalue weighted by Crippen LogP contribution is -2.54. The Hall–Kier alpha value is -2.83. The highest BCUT2D eigenvalue weighted by molar-refractivity contribution is 7.79. The molecule has 134 valence electrons. The van der Waals surface area contributed by atoms with E-state index in [2.05, 4.69) is 5.32 Å². The number of nitrogens with one attached hydrogen (secondary N) is 1. The Morgan fingerprint density at radius 2 is 1.72 bits per heavy atom. The van der Waals surface area contributed by atoms with Crippen LogP contribution < -0.4 is 11.1 Å². The van der Waals surface area contributed by atoms with E-state index in [0.717, 1.165) is 4.90 Å². The number of fused-ring (bicyclic) bond motifs is 1. The van der Waals surface area contributed by atoms with Gasteiger partial charge in [-0.2, -0.15) is 8.42 Å². The van der Waals surface area contributed by atoms with Crippen LogP contribution in [0.25, 0.3) is 0 Å². The van der Waals surface area contributed by atoms with Crippen molar-refractivity contribution in [2.45, 2.75) is 18.9 Å². The lowest BCUT2D eigenvalue weighted by molar-refractivity contribution is -0.136. The van der Waals surface area contributed by atoms with Crippen molar-refractivity contribution in [2.75, 3.05) is 5.73 Å². The van der Waals surface area contributed by atoms with Crippen molar-refractivity contribution in [1.82, 2.24) is 10.2 Å². The van der Waals surface area contributed by atoms with E-state index in [-0.39, 0.29) is 29.7 Å². The van der Waals surface area contributed by atoms with Crippen LogP contribution in [0.4, 0.5) is 5.69 Å². The van der Waals surface area contributed by atoms with Crippen LogP contribution in [0.15, 0.2) is 18.2 Å². The summed E-state index contributed by atoms with van der Waals surface area (Å²) in [5.41, 5.74) is 6.24. The van der Waals surface area contributed by atoms with Crippen molar-refractivity contribution in [3.05, 3.63) is 29.3 Å². The van der Waals surface area contributed by atoms with Crippen LogP contribution in [-0.4, -0.2) is 52.1 Å². The molecule has 2 aliphatic rings. The predicted octanol–water partition coefficient (Wildman–Crippen LogP) is -0.983. The average molecular weight is 371 g/mol. The molecule has 11 nitrogen and oxygen atoms in total. The van der Waals surface area contributed by atoms with E-state index in [1.165, 1.54) is 12.1 Å². The van der Waals surface area contributed by atoms with Crippen molar-refractivity contribution < 1.29 is 36.7 Å². The molecule has 0 aromatic heterocycles. The molecule has 2 aliphatic heterocycles. The number of imide groups is 2. The molecule has 5 N–H and O–H groups in total. The minimum absolute atomic E-state index is 0.0965. The molecule has 0 spiro atoms. The van der Waals surface area contributed by atoms with E-state index in [9.17, 15) is 19.2 Å². The van der Waals surface area contributed by atoms with Crippen molar-refractivity contribution in [3.8, 4) is 0 Å². The van der Waals surface area contributed by atoms with Gasteiger partial charge in [0.25, 0.3) is 11.8 Å². The number of amides is 4. The van der Waals surface area contributed by atoms with E-state index in [1.54, 1.807) is 6.07 Å². The van der Waals surface area contributed by atoms with Gasteiger partial charge in [0.05, 0.1) is 11.1 Å². The van der Waals surface area contributed by atoms with E-state index >= 15 is 0 Å². The van der Waals surface area contributed by atoms with Crippen molar-refractivity contribution in [2.24, 2.45) is 0 Å². The molecule has 4 amide bonds. The molecule has 1 aromatic rings. The van der Waals surface area contributed by atoms with Crippen LogP contribution >= 0.6 is 0 Å². The lowest BCUT2D eigenvalue weighted by Gasteiger charge is -2.27. The van der Waals surface area contributed by atoms with Crippen LogP contribution in [0.1, 0.15) is 33.6 Å². The number of benzene rings is 1. The average Bonchev–Trinajstić information content (AvgIpc) is 2.71. The Morgan fingerprint density at radius 1 is 1.12 bits per heavy atom. The van der Waals surface area contributed by atoms with Crippen molar-refractivity contribution >= 4 is 39.7 Å². The zero-order valence-corrected chi connectivity index (χ0v) is 13.3. The first-order valence-corrected chi connectivity index (χ1v) is 8.20. The minimum atomic E-state index is -4.67. The van der Waals surface area contributed by atoms with E-state index in [4.69, 9.17) is 23.3 Å². The van der Waals surface area contributed by atoms with Gasteiger partial charge in [-0.1, -0.05) is 6.07 Å². The number of piperidine rings is 1. The number of hydrogen-bond donors (Lipinski definition) is 4. The molecule has 3 rings (SSSR count). The number of nitrogens with two attached hydrogens (primary N) is 1. The molecular weight excluding hydrogens is 358 g/mol. The number of anilines is 1. The number of carbonyl (C=O) groups is 4. The van der Waals surface area contributed by atoms with Gasteiger partial charge in [0, 0.05) is 12.1 Å². The van der Waals surface area contributed by atoms with Gasteiger partial charge < -0.3 is 5.73 Å². The Balaban J connectivity index is 0.000000399. The molecule has 1 atom stereocenters. The van der Waals surface area contributed by atoms with Crippen LogP contribution in [0.3, 0.4) is 0 Å². The Bertz CT molecular complexity index is 871. The number of nitrogens with zero attached hydrogens (tertiary/aromatic N) is 1. The zero-order valence-electron chi connectivity index (χ0n) is 12.5. The lowest BCUT2D eigenvalue weighted by atomic mass is 10.0. The summed E-state index contributed by atoms with van der Waals surface area (Å²) in [5, 5.41) is 2.13. The first-order chi connectivity index (χ1) is 11.5. The number of hydrogen-bond acceptors (Lipinski definition) is 7. The van der Waals surface area contributed by atoms with Gasteiger partial charge in [-0.15, -0.1) is 0 Å². The maximum Gasteiger partial charge on any atom is 0.394 e. The van der Waals surface area contributed by atoms with Gasteiger partial charge in [0.2, 0.25) is 11.8 Å². The molecule has 1 unspecified atom stereocenters. The summed E-state index contributed by atoms with van der Waals surface area (Å²) in [6.45, 7) is 0. The normalized spacial score (nSPS) is 19.9. The second-order valence-electron chi connectivity index (χ2n) is 5.16. The third-order valence-corrected chi connectivity index (χ3v) is 3.50. The molecule has 0 bridgehead atoms. The van der Waals surface area contributed by atoms with Crippen LogP contribution in [0.2, 0.25) is 0 Å². The fourth-order valence-corrected chi connectivity index (χ4v) is 2.54. The molecule has 25 heavy (non-hydrogen) atoms. The highest BCUT2D eigenvalue weighted by atomic mass is 32.3. The second-order valence-corrected chi connectivity index (χ2v) is 6.06. The fourth-order valence-electron chi connectivity index (χ4n) is 2.54. The third-order valence-electron chi connectivity index (χ3n) is 3.50. The Labute approximate surface area is 141 Å². The van der Waals surface area contributed by atoms with Crippen molar-refractivity contribution in [1.29, 1.82) is 0 Å². The smallest absolute Gasteiger partial charge is 0.394 e. The number of carbonyl (C=O) groups excluding carboxylic acids is 4. The summed E-state index contributed by atoms with van der Waals surface area (Å²) in [6.07, 6.45) is 0.231. The molecule has 0 aliphatic carbocycles. The molecule has 0 saturated carbocycles. The summed E-state index contributed by atoms with van der Waals surface area (Å²) in [4.78, 5) is 48.4. The highest BCUT2D eigenvalue weighted by Gasteiger charge is 2.45. The minimum Gasteiger partial charge on any atom is -0.398 e. The predicted molar refractivity (Wildman–Crippen MR) is 81.7 cm³/mol. The van der Waals surface area contributed by atoms with Crippen molar-refractivity contribution in [3.63, 3.8) is 0 Å². The van der Waals surface area contributed by atoms with Gasteiger partial charge >= 0.3 is 10.4 Å². The number of rotatable bonds is 1. The molecular formula is C13H13N3O8S. The summed E-state index contributed by atoms with van der Waals surface area (Å²) >= 11 is 0. The molecule has 2 heterocycles. The summed E-state index contributed by atoms with van der Waals surface area (Å²) < 4.78 is 31.6. The second kappa shape index (κ2) is 6.58. The maximum atomic E-state index is 12.3. The summed E-state index contributed by atoms with van der Waals surface area (Å²) in [5.74, 6) is -2.17. The van der Waals surface area contributed by atoms with Crippen LogP contribution in [0.5, 0.6) is 0 Å². The van der Waals surface area contributed by atoms with Gasteiger partial charge in [-0.05, 0) is 18.6 Å². The Kier molecular flexibility index (Phi) is 4.87. The van der Waals surface area contributed by atoms with E-state index in [0.29, 0.717) is 0 Å². The third kappa shape index (κ3) is 3.99. The largest absolute Gasteiger partial charge is 0.398 e. The Morgan fingerprint density at radius 3 is 2.24 bits per heavy atom. The molecule has 1 aromatic carbocycles. The van der Waals surface area contributed by atoms with Gasteiger partial charge in [0.1, 0.15) is 6.04 Å². The van der Waals surface area contributed by atoms with E-state index in [1.807, 2.05) is 0 Å². The fraction of sp³-hybridized carbons (Fsp3) is 0.231. The highest BCUT2D eigenvalue weighted by Crippen LogP contribution is 2.30. The van der Waals surface area contributed by atoms with Crippen LogP contribution in [0, 0.1) is 0 Å². The van der Waals surface area contributed by atoms with Crippen LogP contribution in [-0.2, 0) is 20.0 Å². The first-order valence-electron chi connectivity index (χ1n) is 6.80. The molecule has 12 heteroatoms. The number of nitrogen functional groups attached to an aromatic ring is 1. The zero-order chi connectivity index (χ0) is 18.9. The van der Waals surface area contributed by atoms with Gasteiger partial charge in [0.15, 0.2) is 0 Å².